The van der Waals surface area contributed by atoms with E-state index in [0.717, 1.165) is 68.4 Å². The third-order valence-corrected chi connectivity index (χ3v) is 7.31. The lowest BCUT2D eigenvalue weighted by Crippen LogP contribution is -2.35. The number of nitrogens with zero attached hydrogens (tertiary/aromatic N) is 2. The van der Waals surface area contributed by atoms with Gasteiger partial charge in [-0.1, -0.05) is 5.16 Å². The van der Waals surface area contributed by atoms with Crippen LogP contribution in [-0.2, 0) is 6.42 Å². The molecule has 3 heterocycles. The fourth-order valence-corrected chi connectivity index (χ4v) is 5.58. The SMILES string of the molecule is Cl.Cl.O=C1c2ccsc2CCC1CCN1CCC(c2noc3cc(F)ccc23)CC1. The van der Waals surface area contributed by atoms with E-state index in [-0.39, 0.29) is 36.5 Å². The Kier molecular flexibility index (Phi) is 7.56. The lowest BCUT2D eigenvalue weighted by atomic mass is 9.84. The summed E-state index contributed by atoms with van der Waals surface area (Å²) in [4.78, 5) is 16.4. The van der Waals surface area contributed by atoms with Gasteiger partial charge in [-0.05, 0) is 75.3 Å². The summed E-state index contributed by atoms with van der Waals surface area (Å²) in [6.07, 6.45) is 5.03. The Labute approximate surface area is 191 Å². The highest BCUT2D eigenvalue weighted by Gasteiger charge is 2.30. The zero-order chi connectivity index (χ0) is 19.1. The molecule has 1 aliphatic heterocycles. The van der Waals surface area contributed by atoms with Gasteiger partial charge in [-0.15, -0.1) is 36.2 Å². The largest absolute Gasteiger partial charge is 0.356 e. The molecule has 0 saturated carbocycles. The van der Waals surface area contributed by atoms with Crippen LogP contribution >= 0.6 is 36.2 Å². The standard InChI is InChI=1S/C22H23FN2O2S.2ClH/c23-16-2-3-17-19(13-16)27-24-21(17)14-5-9-25(10-6-14)11-7-15-1-4-20-18(22(15)26)8-12-28-20;;/h2-3,8,12-15H,1,4-7,9-11H2;2*1H. The quantitative estimate of drug-likeness (QED) is 0.476. The van der Waals surface area contributed by atoms with E-state index in [2.05, 4.69) is 10.1 Å². The molecule has 0 spiro atoms. The molecule has 1 aromatic carbocycles. The second-order valence-electron chi connectivity index (χ2n) is 7.97. The minimum atomic E-state index is -0.295. The molecular formula is C22H25Cl2FN2O2S. The molecule has 5 rings (SSSR count). The molecule has 0 amide bonds. The van der Waals surface area contributed by atoms with E-state index < -0.39 is 0 Å². The second-order valence-corrected chi connectivity index (χ2v) is 8.97. The van der Waals surface area contributed by atoms with Gasteiger partial charge in [0.15, 0.2) is 11.4 Å². The summed E-state index contributed by atoms with van der Waals surface area (Å²) in [5.41, 5.74) is 2.46. The average molecular weight is 471 g/mol. The normalized spacial score (nSPS) is 19.9. The molecule has 0 bridgehead atoms. The fourth-order valence-electron chi connectivity index (χ4n) is 4.68. The molecule has 1 aliphatic carbocycles. The Bertz CT molecular complexity index is 1010. The molecule has 0 N–H and O–H groups in total. The number of hydrogen-bond donors (Lipinski definition) is 0. The molecule has 3 aromatic rings. The number of Topliss-reactive ketones (excluding diaryl/α,β-unsaturated/α-hetero) is 1. The van der Waals surface area contributed by atoms with Gasteiger partial charge >= 0.3 is 0 Å². The molecule has 1 atom stereocenters. The first kappa shape index (κ1) is 23.2. The third-order valence-electron chi connectivity index (χ3n) is 6.33. The Morgan fingerprint density at radius 2 is 1.97 bits per heavy atom. The number of carbonyl (C=O) groups excluding carboxylic acids is 1. The highest BCUT2D eigenvalue weighted by molar-refractivity contribution is 7.10. The number of aryl methyl sites for hydroxylation is 1. The molecular weight excluding hydrogens is 446 g/mol. The van der Waals surface area contributed by atoms with Crippen molar-refractivity contribution >= 4 is 52.9 Å². The summed E-state index contributed by atoms with van der Waals surface area (Å²) >= 11 is 1.71. The lowest BCUT2D eigenvalue weighted by Gasteiger charge is -2.32. The number of rotatable bonds is 4. The van der Waals surface area contributed by atoms with E-state index in [4.69, 9.17) is 4.52 Å². The van der Waals surface area contributed by atoms with Crippen molar-refractivity contribution in [3.05, 3.63) is 51.6 Å². The number of benzene rings is 1. The summed E-state index contributed by atoms with van der Waals surface area (Å²) in [5.74, 6) is 0.581. The molecule has 2 aliphatic rings. The number of ketones is 1. The van der Waals surface area contributed by atoms with E-state index in [9.17, 15) is 9.18 Å². The van der Waals surface area contributed by atoms with Crippen LogP contribution in [0.4, 0.5) is 4.39 Å². The van der Waals surface area contributed by atoms with Crippen molar-refractivity contribution in [2.45, 2.75) is 38.0 Å². The summed E-state index contributed by atoms with van der Waals surface area (Å²) < 4.78 is 18.7. The molecule has 1 fully saturated rings. The molecule has 0 radical (unpaired) electrons. The molecule has 30 heavy (non-hydrogen) atoms. The zero-order valence-electron chi connectivity index (χ0n) is 16.5. The molecule has 1 saturated heterocycles. The fraction of sp³-hybridized carbons (Fsp3) is 0.455. The predicted molar refractivity (Wildman–Crippen MR) is 122 cm³/mol. The van der Waals surface area contributed by atoms with Crippen molar-refractivity contribution < 1.29 is 13.7 Å². The van der Waals surface area contributed by atoms with Crippen LogP contribution in [-0.4, -0.2) is 35.5 Å². The van der Waals surface area contributed by atoms with Crippen LogP contribution in [0.15, 0.2) is 34.2 Å². The maximum Gasteiger partial charge on any atom is 0.170 e. The molecule has 8 heteroatoms. The van der Waals surface area contributed by atoms with Gasteiger partial charge in [0.2, 0.25) is 0 Å². The van der Waals surface area contributed by atoms with Crippen molar-refractivity contribution in [3.63, 3.8) is 0 Å². The number of fused-ring (bicyclic) bond motifs is 2. The Morgan fingerprint density at radius 3 is 2.77 bits per heavy atom. The maximum absolute atomic E-state index is 13.4. The highest BCUT2D eigenvalue weighted by Crippen LogP contribution is 2.34. The number of aromatic nitrogens is 1. The molecule has 162 valence electrons. The molecule has 2 aromatic heterocycles. The van der Waals surface area contributed by atoms with Crippen LogP contribution in [0.2, 0.25) is 0 Å². The Balaban J connectivity index is 0.00000128. The van der Waals surface area contributed by atoms with Gasteiger partial charge in [0.05, 0.1) is 5.69 Å². The monoisotopic (exact) mass is 470 g/mol. The van der Waals surface area contributed by atoms with Gasteiger partial charge in [-0.2, -0.15) is 0 Å². The van der Waals surface area contributed by atoms with Crippen molar-refractivity contribution in [3.8, 4) is 0 Å². The highest BCUT2D eigenvalue weighted by atomic mass is 35.5. The van der Waals surface area contributed by atoms with Crippen LogP contribution in [0.3, 0.4) is 0 Å². The zero-order valence-corrected chi connectivity index (χ0v) is 19.0. The molecule has 1 unspecified atom stereocenters. The van der Waals surface area contributed by atoms with Crippen LogP contribution in [0.5, 0.6) is 0 Å². The van der Waals surface area contributed by atoms with E-state index in [0.29, 0.717) is 17.3 Å². The predicted octanol–water partition coefficient (Wildman–Crippen LogP) is 5.89. The summed E-state index contributed by atoms with van der Waals surface area (Å²) in [6.45, 7) is 2.99. The average Bonchev–Trinajstić information content (AvgIpc) is 3.35. The van der Waals surface area contributed by atoms with E-state index >= 15 is 0 Å². The number of thiophene rings is 1. The summed E-state index contributed by atoms with van der Waals surface area (Å²) in [7, 11) is 0. The third kappa shape index (κ3) is 4.42. The van der Waals surface area contributed by atoms with Gasteiger partial charge in [0.1, 0.15) is 5.82 Å². The van der Waals surface area contributed by atoms with Gasteiger partial charge in [-0.25, -0.2) is 4.39 Å². The first-order valence-electron chi connectivity index (χ1n) is 10.1. The van der Waals surface area contributed by atoms with Gasteiger partial charge in [0, 0.05) is 33.7 Å². The van der Waals surface area contributed by atoms with Crippen molar-refractivity contribution in [2.75, 3.05) is 19.6 Å². The molecule has 4 nitrogen and oxygen atoms in total. The van der Waals surface area contributed by atoms with Gasteiger partial charge < -0.3 is 9.42 Å². The minimum Gasteiger partial charge on any atom is -0.356 e. The van der Waals surface area contributed by atoms with Gasteiger partial charge in [-0.3, -0.25) is 4.79 Å². The first-order chi connectivity index (χ1) is 13.7. The van der Waals surface area contributed by atoms with Crippen LogP contribution in [0.1, 0.15) is 52.5 Å². The lowest BCUT2D eigenvalue weighted by molar-refractivity contribution is 0.0878. The van der Waals surface area contributed by atoms with Gasteiger partial charge in [0.25, 0.3) is 0 Å². The summed E-state index contributed by atoms with van der Waals surface area (Å²) in [5, 5.41) is 7.20. The van der Waals surface area contributed by atoms with Crippen LogP contribution < -0.4 is 0 Å². The number of carbonyl (C=O) groups is 1. The summed E-state index contributed by atoms with van der Waals surface area (Å²) in [6, 6.07) is 6.64. The minimum absolute atomic E-state index is 0. The maximum atomic E-state index is 13.4. The Morgan fingerprint density at radius 1 is 1.17 bits per heavy atom. The number of piperidine rings is 1. The first-order valence-corrected chi connectivity index (χ1v) is 10.9. The van der Waals surface area contributed by atoms with Crippen molar-refractivity contribution in [2.24, 2.45) is 5.92 Å². The second kappa shape index (κ2) is 9.77. The number of likely N-dealkylation sites (tertiary alicyclic amines) is 1. The Hall–Kier alpha value is -1.47. The van der Waals surface area contributed by atoms with E-state index in [1.807, 2.05) is 11.4 Å². The number of halogens is 3. The van der Waals surface area contributed by atoms with Crippen LogP contribution in [0, 0.1) is 11.7 Å². The number of hydrogen-bond acceptors (Lipinski definition) is 5. The topological polar surface area (TPSA) is 46.3 Å². The van der Waals surface area contributed by atoms with E-state index in [1.54, 1.807) is 17.4 Å². The van der Waals surface area contributed by atoms with Crippen molar-refractivity contribution in [1.29, 1.82) is 0 Å². The van der Waals surface area contributed by atoms with E-state index in [1.165, 1.54) is 17.0 Å². The van der Waals surface area contributed by atoms with Crippen molar-refractivity contribution in [1.82, 2.24) is 10.1 Å². The smallest absolute Gasteiger partial charge is 0.170 e. The van der Waals surface area contributed by atoms with Crippen LogP contribution in [0.25, 0.3) is 11.0 Å².